The first kappa shape index (κ1) is 20.4. The van der Waals surface area contributed by atoms with Crippen LogP contribution < -0.4 is 10.9 Å². The van der Waals surface area contributed by atoms with Gasteiger partial charge in [0.15, 0.2) is 5.65 Å². The van der Waals surface area contributed by atoms with Crippen LogP contribution in [0.3, 0.4) is 0 Å². The van der Waals surface area contributed by atoms with Crippen LogP contribution in [0, 0.1) is 5.82 Å². The number of nitrogens with zero attached hydrogens (tertiary/aromatic N) is 4. The lowest BCUT2D eigenvalue weighted by atomic mass is 9.85. The van der Waals surface area contributed by atoms with Gasteiger partial charge in [-0.25, -0.2) is 14.1 Å². The summed E-state index contributed by atoms with van der Waals surface area (Å²) in [5.74, 6) is -0.369. The third-order valence-corrected chi connectivity index (χ3v) is 5.18. The van der Waals surface area contributed by atoms with Crippen LogP contribution in [0.2, 0.25) is 0 Å². The van der Waals surface area contributed by atoms with Crippen LogP contribution in [0.4, 0.5) is 4.39 Å². The van der Waals surface area contributed by atoms with Crippen LogP contribution in [-0.4, -0.2) is 54.8 Å². The Labute approximate surface area is 166 Å². The molecule has 28 heavy (non-hydrogen) atoms. The molecule has 1 aliphatic rings. The van der Waals surface area contributed by atoms with E-state index in [4.69, 9.17) is 0 Å². The largest absolute Gasteiger partial charge is 0.394 e. The van der Waals surface area contributed by atoms with Gasteiger partial charge in [-0.15, -0.1) is 12.4 Å². The van der Waals surface area contributed by atoms with Crippen molar-refractivity contribution in [1.29, 1.82) is 0 Å². The van der Waals surface area contributed by atoms with Gasteiger partial charge in [0.1, 0.15) is 17.5 Å². The summed E-state index contributed by atoms with van der Waals surface area (Å²) in [6.45, 7) is 0.843. The van der Waals surface area contributed by atoms with Crippen molar-refractivity contribution in [1.82, 2.24) is 24.6 Å². The maximum Gasteiger partial charge on any atom is 0.264 e. The minimum Gasteiger partial charge on any atom is -0.394 e. The summed E-state index contributed by atoms with van der Waals surface area (Å²) in [4.78, 5) is 17.3. The third-order valence-electron chi connectivity index (χ3n) is 5.18. The molecule has 1 atom stereocenters. The Morgan fingerprint density at radius 2 is 1.93 bits per heavy atom. The zero-order valence-corrected chi connectivity index (χ0v) is 15.8. The number of aliphatic hydroxyl groups excluding tert-OH is 1. The molecule has 10 heteroatoms. The Hall–Kier alpha value is -2.33. The molecule has 4 rings (SSSR count). The lowest BCUT2D eigenvalue weighted by Crippen LogP contribution is -2.51. The average molecular weight is 410 g/mol. The van der Waals surface area contributed by atoms with Gasteiger partial charge in [-0.3, -0.25) is 9.36 Å². The lowest BCUT2D eigenvalue weighted by molar-refractivity contribution is -0.0557. The number of benzene rings is 1. The van der Waals surface area contributed by atoms with Gasteiger partial charge in [0.2, 0.25) is 0 Å². The highest BCUT2D eigenvalue weighted by atomic mass is 35.5. The van der Waals surface area contributed by atoms with Crippen molar-refractivity contribution < 1.29 is 14.6 Å². The van der Waals surface area contributed by atoms with E-state index in [1.54, 1.807) is 12.1 Å². The van der Waals surface area contributed by atoms with E-state index in [1.807, 2.05) is 0 Å². The van der Waals surface area contributed by atoms with Crippen LogP contribution >= 0.6 is 12.4 Å². The third kappa shape index (κ3) is 3.42. The number of hydrogen-bond acceptors (Lipinski definition) is 6. The molecule has 1 aliphatic heterocycles. The Balaban J connectivity index is 0.00000225. The number of aromatic nitrogens is 4. The van der Waals surface area contributed by atoms with Gasteiger partial charge in [-0.05, 0) is 50.2 Å². The van der Waals surface area contributed by atoms with Crippen molar-refractivity contribution in [3.8, 4) is 5.69 Å². The summed E-state index contributed by atoms with van der Waals surface area (Å²) in [5.41, 5.74) is -0.672. The van der Waals surface area contributed by atoms with E-state index in [0.717, 1.165) is 0 Å². The molecular formula is C18H21ClFN5O3. The number of aliphatic hydroxyl groups is 2. The number of rotatable bonds is 4. The van der Waals surface area contributed by atoms with Gasteiger partial charge in [0, 0.05) is 0 Å². The molecule has 1 unspecified atom stereocenters. The first-order valence-corrected chi connectivity index (χ1v) is 8.78. The fourth-order valence-corrected chi connectivity index (χ4v) is 3.63. The van der Waals surface area contributed by atoms with E-state index >= 15 is 0 Å². The van der Waals surface area contributed by atoms with Gasteiger partial charge >= 0.3 is 0 Å². The van der Waals surface area contributed by atoms with E-state index in [-0.39, 0.29) is 35.8 Å². The first-order valence-electron chi connectivity index (χ1n) is 8.78. The van der Waals surface area contributed by atoms with Crippen molar-refractivity contribution in [2.45, 2.75) is 24.5 Å². The van der Waals surface area contributed by atoms with Crippen molar-refractivity contribution in [2.75, 3.05) is 19.7 Å². The zero-order valence-electron chi connectivity index (χ0n) is 15.0. The molecule has 0 aliphatic carbocycles. The van der Waals surface area contributed by atoms with Crippen LogP contribution in [0.25, 0.3) is 16.7 Å². The van der Waals surface area contributed by atoms with E-state index in [2.05, 4.69) is 15.4 Å². The number of nitrogens with one attached hydrogen (secondary N) is 1. The summed E-state index contributed by atoms with van der Waals surface area (Å²) in [6.07, 6.45) is 3.58. The predicted octanol–water partition coefficient (Wildman–Crippen LogP) is 0.791. The van der Waals surface area contributed by atoms with Crippen LogP contribution in [0.15, 0.2) is 41.6 Å². The predicted molar refractivity (Wildman–Crippen MR) is 104 cm³/mol. The Morgan fingerprint density at radius 3 is 2.57 bits per heavy atom. The molecule has 1 aromatic carbocycles. The topological polar surface area (TPSA) is 105 Å². The second-order valence-electron chi connectivity index (χ2n) is 6.78. The Morgan fingerprint density at radius 1 is 1.25 bits per heavy atom. The molecule has 8 nitrogen and oxygen atoms in total. The molecule has 1 fully saturated rings. The first-order chi connectivity index (χ1) is 13.0. The van der Waals surface area contributed by atoms with Crippen molar-refractivity contribution in [3.63, 3.8) is 0 Å². The van der Waals surface area contributed by atoms with Crippen molar-refractivity contribution in [2.24, 2.45) is 0 Å². The minimum atomic E-state index is -1.19. The molecule has 0 amide bonds. The van der Waals surface area contributed by atoms with Crippen LogP contribution in [0.5, 0.6) is 0 Å². The molecule has 0 bridgehead atoms. The Bertz CT molecular complexity index is 1010. The highest BCUT2D eigenvalue weighted by Gasteiger charge is 2.39. The molecule has 0 radical (unpaired) electrons. The summed E-state index contributed by atoms with van der Waals surface area (Å²) >= 11 is 0. The molecule has 0 spiro atoms. The monoisotopic (exact) mass is 409 g/mol. The normalized spacial score (nSPS) is 17.2. The van der Waals surface area contributed by atoms with E-state index in [1.165, 1.54) is 33.9 Å². The second kappa shape index (κ2) is 7.96. The molecule has 3 N–H and O–H groups in total. The van der Waals surface area contributed by atoms with E-state index in [0.29, 0.717) is 37.3 Å². The highest BCUT2D eigenvalue weighted by Crippen LogP contribution is 2.30. The fourth-order valence-electron chi connectivity index (χ4n) is 3.63. The maximum atomic E-state index is 13.1. The smallest absolute Gasteiger partial charge is 0.264 e. The standard InChI is InChI=1S/C18H20FN5O3.ClH/c19-12-1-3-13(4-2-12)24-16-14(9-22-24)17(26)23(11-21-16)15(10-25)18(27)5-7-20-8-6-18;/h1-4,9,11,15,20,25,27H,5-8,10H2;1H. The summed E-state index contributed by atoms with van der Waals surface area (Å²) in [6, 6.07) is 4.90. The SMILES string of the molecule is Cl.O=c1c2cnn(-c3ccc(F)cc3)c2ncn1C(CO)C1(O)CCNCC1. The zero-order chi connectivity index (χ0) is 19.0. The van der Waals surface area contributed by atoms with Crippen molar-refractivity contribution >= 4 is 23.4 Å². The van der Waals surface area contributed by atoms with Crippen LogP contribution in [-0.2, 0) is 0 Å². The summed E-state index contributed by atoms with van der Waals surface area (Å²) in [7, 11) is 0. The van der Waals surface area contributed by atoms with Crippen LogP contribution in [0.1, 0.15) is 18.9 Å². The molecule has 150 valence electrons. The van der Waals surface area contributed by atoms with Gasteiger partial charge < -0.3 is 15.5 Å². The van der Waals surface area contributed by atoms with Gasteiger partial charge in [-0.1, -0.05) is 0 Å². The highest BCUT2D eigenvalue weighted by molar-refractivity contribution is 5.85. The van der Waals surface area contributed by atoms with Gasteiger partial charge in [0.05, 0.1) is 30.1 Å². The van der Waals surface area contributed by atoms with Gasteiger partial charge in [-0.2, -0.15) is 5.10 Å². The minimum absolute atomic E-state index is 0. The quantitative estimate of drug-likeness (QED) is 0.588. The number of piperidine rings is 1. The number of halogens is 2. The molecule has 3 aromatic rings. The molecular weight excluding hydrogens is 389 g/mol. The molecule has 1 saturated heterocycles. The molecule has 3 heterocycles. The molecule has 0 saturated carbocycles. The maximum absolute atomic E-state index is 13.1. The number of fused-ring (bicyclic) bond motifs is 1. The van der Waals surface area contributed by atoms with E-state index in [9.17, 15) is 19.4 Å². The van der Waals surface area contributed by atoms with Gasteiger partial charge in [0.25, 0.3) is 5.56 Å². The molecule has 2 aromatic heterocycles. The fraction of sp³-hybridized carbons (Fsp3) is 0.389. The Kier molecular flexibility index (Phi) is 5.80. The lowest BCUT2D eigenvalue weighted by Gasteiger charge is -2.39. The van der Waals surface area contributed by atoms with E-state index < -0.39 is 11.6 Å². The van der Waals surface area contributed by atoms with Crippen molar-refractivity contribution in [3.05, 3.63) is 53.0 Å². The number of hydrogen-bond donors (Lipinski definition) is 3. The average Bonchev–Trinajstić information content (AvgIpc) is 3.10. The summed E-state index contributed by atoms with van der Waals surface area (Å²) in [5, 5.41) is 28.4. The summed E-state index contributed by atoms with van der Waals surface area (Å²) < 4.78 is 15.9. The second-order valence-corrected chi connectivity index (χ2v) is 6.78.